The van der Waals surface area contributed by atoms with Gasteiger partial charge in [0.05, 0.1) is 12.7 Å². The lowest BCUT2D eigenvalue weighted by atomic mass is 9.96. The molecule has 2 aromatic carbocycles. The number of carbonyl (C=O) groups excluding carboxylic acids is 1. The molecule has 1 atom stereocenters. The van der Waals surface area contributed by atoms with Crippen molar-refractivity contribution in [1.29, 1.82) is 0 Å². The second kappa shape index (κ2) is 8.23. The first-order chi connectivity index (χ1) is 12.6. The molecule has 3 rings (SSSR count). The summed E-state index contributed by atoms with van der Waals surface area (Å²) in [6, 6.07) is 16.7. The fourth-order valence-electron chi connectivity index (χ4n) is 3.25. The number of para-hydroxylation sites is 2. The zero-order valence-corrected chi connectivity index (χ0v) is 15.1. The summed E-state index contributed by atoms with van der Waals surface area (Å²) in [5, 5.41) is 10.9. The molecule has 138 valence electrons. The fraction of sp³-hybridized carbons (Fsp3) is 0.381. The van der Waals surface area contributed by atoms with Gasteiger partial charge in [-0.2, -0.15) is 0 Å². The van der Waals surface area contributed by atoms with Crippen molar-refractivity contribution in [3.63, 3.8) is 0 Å². The number of hydrogen-bond acceptors (Lipinski definition) is 4. The van der Waals surface area contributed by atoms with Gasteiger partial charge in [-0.05, 0) is 43.5 Å². The van der Waals surface area contributed by atoms with Crippen LogP contribution in [0.1, 0.15) is 29.6 Å². The van der Waals surface area contributed by atoms with Gasteiger partial charge in [-0.3, -0.25) is 4.79 Å². The van der Waals surface area contributed by atoms with Crippen molar-refractivity contribution in [1.82, 2.24) is 4.90 Å². The van der Waals surface area contributed by atoms with Crippen LogP contribution in [-0.4, -0.2) is 48.3 Å². The highest BCUT2D eigenvalue weighted by atomic mass is 16.5. The van der Waals surface area contributed by atoms with Crippen molar-refractivity contribution in [2.45, 2.75) is 24.9 Å². The van der Waals surface area contributed by atoms with E-state index in [-0.39, 0.29) is 12.5 Å². The van der Waals surface area contributed by atoms with E-state index in [9.17, 15) is 9.90 Å². The van der Waals surface area contributed by atoms with E-state index in [1.165, 1.54) is 0 Å². The third kappa shape index (κ3) is 4.35. The Bertz CT molecular complexity index is 734. The van der Waals surface area contributed by atoms with E-state index in [2.05, 4.69) is 0 Å². The van der Waals surface area contributed by atoms with E-state index in [1.807, 2.05) is 42.5 Å². The summed E-state index contributed by atoms with van der Waals surface area (Å²) in [5.41, 5.74) is -0.368. The molecule has 5 nitrogen and oxygen atoms in total. The van der Waals surface area contributed by atoms with Gasteiger partial charge in [0.15, 0.2) is 0 Å². The van der Waals surface area contributed by atoms with Crippen LogP contribution >= 0.6 is 0 Å². The Labute approximate surface area is 154 Å². The molecule has 1 fully saturated rings. The maximum atomic E-state index is 12.9. The summed E-state index contributed by atoms with van der Waals surface area (Å²) >= 11 is 0. The van der Waals surface area contributed by atoms with E-state index in [0.717, 1.165) is 12.2 Å². The molecule has 0 spiro atoms. The number of amides is 1. The van der Waals surface area contributed by atoms with Gasteiger partial charge in [0, 0.05) is 13.1 Å². The predicted octanol–water partition coefficient (Wildman–Crippen LogP) is 3.13. The van der Waals surface area contributed by atoms with Crippen LogP contribution < -0.4 is 9.47 Å². The zero-order valence-electron chi connectivity index (χ0n) is 15.1. The Morgan fingerprint density at radius 3 is 2.58 bits per heavy atom. The molecule has 1 unspecified atom stereocenters. The maximum absolute atomic E-state index is 12.9. The molecule has 0 aromatic heterocycles. The number of hydrogen-bond donors (Lipinski definition) is 1. The highest BCUT2D eigenvalue weighted by Crippen LogP contribution is 2.26. The summed E-state index contributed by atoms with van der Waals surface area (Å²) < 4.78 is 11.0. The quantitative estimate of drug-likeness (QED) is 0.895. The van der Waals surface area contributed by atoms with Crippen LogP contribution in [0, 0.1) is 0 Å². The summed E-state index contributed by atoms with van der Waals surface area (Å²) in [7, 11) is 1.56. The van der Waals surface area contributed by atoms with Crippen molar-refractivity contribution >= 4 is 5.91 Å². The van der Waals surface area contributed by atoms with E-state index in [1.54, 1.807) is 24.1 Å². The summed E-state index contributed by atoms with van der Waals surface area (Å²) in [6.07, 6.45) is 1.83. The number of rotatable bonds is 5. The van der Waals surface area contributed by atoms with E-state index >= 15 is 0 Å². The van der Waals surface area contributed by atoms with Crippen LogP contribution in [0.3, 0.4) is 0 Å². The van der Waals surface area contributed by atoms with Gasteiger partial charge in [-0.15, -0.1) is 0 Å². The van der Waals surface area contributed by atoms with Gasteiger partial charge in [-0.1, -0.05) is 30.3 Å². The molecular weight excluding hydrogens is 330 g/mol. The number of methoxy groups -OCH3 is 1. The lowest BCUT2D eigenvalue weighted by molar-refractivity contribution is -0.0163. The highest BCUT2D eigenvalue weighted by Gasteiger charge is 2.33. The molecule has 2 aromatic rings. The third-order valence-corrected chi connectivity index (χ3v) is 4.79. The molecule has 1 amide bonds. The Morgan fingerprint density at radius 2 is 1.81 bits per heavy atom. The molecule has 1 aliphatic heterocycles. The molecule has 0 radical (unpaired) electrons. The molecule has 0 saturated carbocycles. The van der Waals surface area contributed by atoms with Crippen molar-refractivity contribution < 1.29 is 19.4 Å². The monoisotopic (exact) mass is 355 g/mol. The second-order valence-electron chi connectivity index (χ2n) is 6.67. The number of likely N-dealkylation sites (tertiary alicyclic amines) is 1. The lowest BCUT2D eigenvalue weighted by Gasteiger charge is -2.27. The van der Waals surface area contributed by atoms with Crippen molar-refractivity contribution in [3.05, 3.63) is 60.2 Å². The Morgan fingerprint density at radius 1 is 1.08 bits per heavy atom. The minimum Gasteiger partial charge on any atom is -0.496 e. The Balaban J connectivity index is 1.63. The van der Waals surface area contributed by atoms with Crippen LogP contribution in [-0.2, 0) is 0 Å². The number of aliphatic hydroxyl groups is 1. The fourth-order valence-corrected chi connectivity index (χ4v) is 3.25. The topological polar surface area (TPSA) is 59.0 Å². The van der Waals surface area contributed by atoms with Gasteiger partial charge in [-0.25, -0.2) is 0 Å². The van der Waals surface area contributed by atoms with E-state index in [0.29, 0.717) is 37.2 Å². The van der Waals surface area contributed by atoms with Crippen molar-refractivity contribution in [2.75, 3.05) is 26.8 Å². The largest absolute Gasteiger partial charge is 0.496 e. The Hall–Kier alpha value is -2.53. The van der Waals surface area contributed by atoms with Crippen LogP contribution in [0.15, 0.2) is 54.6 Å². The van der Waals surface area contributed by atoms with Crippen molar-refractivity contribution in [2.24, 2.45) is 0 Å². The zero-order chi connectivity index (χ0) is 18.4. The molecule has 1 N–H and O–H groups in total. The van der Waals surface area contributed by atoms with Gasteiger partial charge in [0.2, 0.25) is 0 Å². The second-order valence-corrected chi connectivity index (χ2v) is 6.67. The number of benzene rings is 2. The molecular formula is C21H25NO4. The smallest absolute Gasteiger partial charge is 0.257 e. The van der Waals surface area contributed by atoms with E-state index in [4.69, 9.17) is 9.47 Å². The molecule has 1 saturated heterocycles. The Kier molecular flexibility index (Phi) is 5.78. The van der Waals surface area contributed by atoms with Crippen LogP contribution in [0.2, 0.25) is 0 Å². The highest BCUT2D eigenvalue weighted by molar-refractivity contribution is 5.97. The van der Waals surface area contributed by atoms with Crippen LogP contribution in [0.5, 0.6) is 11.5 Å². The molecule has 5 heteroatoms. The number of carbonyl (C=O) groups is 1. The lowest BCUT2D eigenvalue weighted by Crippen LogP contribution is -2.38. The van der Waals surface area contributed by atoms with Gasteiger partial charge < -0.3 is 19.5 Å². The molecule has 26 heavy (non-hydrogen) atoms. The molecule has 0 aliphatic carbocycles. The van der Waals surface area contributed by atoms with Gasteiger partial charge >= 0.3 is 0 Å². The third-order valence-electron chi connectivity index (χ3n) is 4.79. The average molecular weight is 355 g/mol. The molecule has 1 aliphatic rings. The summed E-state index contributed by atoms with van der Waals surface area (Å²) in [4.78, 5) is 14.6. The van der Waals surface area contributed by atoms with Crippen LogP contribution in [0.25, 0.3) is 0 Å². The minimum atomic E-state index is -0.925. The standard InChI is InChI=1S/C21H25NO4/c1-25-19-11-6-5-10-18(19)20(23)22-14-7-12-21(24,13-15-22)16-26-17-8-3-2-4-9-17/h2-6,8-11,24H,7,12-16H2,1H3. The number of nitrogens with zero attached hydrogens (tertiary/aromatic N) is 1. The average Bonchev–Trinajstić information content (AvgIpc) is 2.89. The van der Waals surface area contributed by atoms with Crippen LogP contribution in [0.4, 0.5) is 0 Å². The van der Waals surface area contributed by atoms with Crippen molar-refractivity contribution in [3.8, 4) is 11.5 Å². The molecule has 1 heterocycles. The predicted molar refractivity (Wildman–Crippen MR) is 99.6 cm³/mol. The first-order valence-corrected chi connectivity index (χ1v) is 8.94. The first kappa shape index (κ1) is 18.3. The number of ether oxygens (including phenoxy) is 2. The summed E-state index contributed by atoms with van der Waals surface area (Å²) in [5.74, 6) is 1.26. The first-order valence-electron chi connectivity index (χ1n) is 8.94. The maximum Gasteiger partial charge on any atom is 0.257 e. The minimum absolute atomic E-state index is 0.0596. The summed E-state index contributed by atoms with van der Waals surface area (Å²) in [6.45, 7) is 1.34. The van der Waals surface area contributed by atoms with Gasteiger partial charge in [0.1, 0.15) is 23.7 Å². The molecule has 0 bridgehead atoms. The SMILES string of the molecule is COc1ccccc1C(=O)N1CCCC(O)(COc2ccccc2)CC1. The normalized spacial score (nSPS) is 20.3. The van der Waals surface area contributed by atoms with E-state index < -0.39 is 5.60 Å². The van der Waals surface area contributed by atoms with Gasteiger partial charge in [0.25, 0.3) is 5.91 Å².